The SMILES string of the molecule is CCc1cc(O)cc(-c2ccccc2O)c1CC. The van der Waals surface area contributed by atoms with E-state index in [2.05, 4.69) is 13.8 Å². The number of aromatic hydroxyl groups is 2. The highest BCUT2D eigenvalue weighted by atomic mass is 16.3. The molecule has 2 nitrogen and oxygen atoms in total. The van der Waals surface area contributed by atoms with Gasteiger partial charge in [-0.15, -0.1) is 0 Å². The fourth-order valence-electron chi connectivity index (χ4n) is 2.39. The molecule has 0 aromatic heterocycles. The minimum Gasteiger partial charge on any atom is -0.508 e. The average molecular weight is 242 g/mol. The summed E-state index contributed by atoms with van der Waals surface area (Å²) in [6, 6.07) is 10.8. The van der Waals surface area contributed by atoms with Crippen LogP contribution >= 0.6 is 0 Å². The van der Waals surface area contributed by atoms with Gasteiger partial charge in [0.1, 0.15) is 11.5 Å². The lowest BCUT2D eigenvalue weighted by Crippen LogP contribution is -1.95. The topological polar surface area (TPSA) is 40.5 Å². The standard InChI is InChI=1S/C16H18O2/c1-3-11-9-12(17)10-15(13(11)4-2)14-7-5-6-8-16(14)18/h5-10,17-18H,3-4H2,1-2H3. The van der Waals surface area contributed by atoms with E-state index >= 15 is 0 Å². The summed E-state index contributed by atoms with van der Waals surface area (Å²) in [6.07, 6.45) is 1.76. The normalized spacial score (nSPS) is 10.6. The van der Waals surface area contributed by atoms with Gasteiger partial charge >= 0.3 is 0 Å². The molecule has 0 radical (unpaired) electrons. The van der Waals surface area contributed by atoms with E-state index in [-0.39, 0.29) is 11.5 Å². The highest BCUT2D eigenvalue weighted by Crippen LogP contribution is 2.36. The summed E-state index contributed by atoms with van der Waals surface area (Å²) in [5.74, 6) is 0.502. The van der Waals surface area contributed by atoms with Crippen molar-refractivity contribution < 1.29 is 10.2 Å². The zero-order chi connectivity index (χ0) is 13.1. The van der Waals surface area contributed by atoms with Gasteiger partial charge in [-0.05, 0) is 47.7 Å². The van der Waals surface area contributed by atoms with Crippen LogP contribution in [0.4, 0.5) is 0 Å². The van der Waals surface area contributed by atoms with Gasteiger partial charge < -0.3 is 10.2 Å². The van der Waals surface area contributed by atoms with Crippen molar-refractivity contribution in [3.63, 3.8) is 0 Å². The van der Waals surface area contributed by atoms with Gasteiger partial charge in [0, 0.05) is 5.56 Å². The Hall–Kier alpha value is -1.96. The predicted molar refractivity (Wildman–Crippen MR) is 74.0 cm³/mol. The van der Waals surface area contributed by atoms with Gasteiger partial charge in [0.15, 0.2) is 0 Å². The molecule has 0 atom stereocenters. The van der Waals surface area contributed by atoms with E-state index in [1.54, 1.807) is 18.2 Å². The molecule has 2 N–H and O–H groups in total. The van der Waals surface area contributed by atoms with Crippen molar-refractivity contribution in [2.45, 2.75) is 26.7 Å². The number of phenols is 2. The molecule has 18 heavy (non-hydrogen) atoms. The zero-order valence-electron chi connectivity index (χ0n) is 10.8. The molecular formula is C16H18O2. The van der Waals surface area contributed by atoms with Gasteiger partial charge in [-0.1, -0.05) is 32.0 Å². The highest BCUT2D eigenvalue weighted by molar-refractivity contribution is 5.75. The minimum atomic E-state index is 0.250. The second kappa shape index (κ2) is 5.13. The summed E-state index contributed by atoms with van der Waals surface area (Å²) in [4.78, 5) is 0. The molecule has 0 aliphatic heterocycles. The molecule has 2 aromatic carbocycles. The maximum absolute atomic E-state index is 9.96. The average Bonchev–Trinajstić information content (AvgIpc) is 2.38. The number of hydrogen-bond donors (Lipinski definition) is 2. The number of phenolic OH excluding ortho intramolecular Hbond substituents is 2. The number of hydrogen-bond acceptors (Lipinski definition) is 2. The molecule has 0 bridgehead atoms. The van der Waals surface area contributed by atoms with E-state index in [4.69, 9.17) is 0 Å². The molecule has 0 saturated heterocycles. The van der Waals surface area contributed by atoms with Crippen LogP contribution in [0, 0.1) is 0 Å². The molecular weight excluding hydrogens is 224 g/mol. The third kappa shape index (κ3) is 2.19. The fraction of sp³-hybridized carbons (Fsp3) is 0.250. The summed E-state index contributed by atoms with van der Waals surface area (Å²) in [5, 5.41) is 19.8. The molecule has 0 aliphatic carbocycles. The Bertz CT molecular complexity index is 559. The van der Waals surface area contributed by atoms with Gasteiger partial charge in [-0.3, -0.25) is 0 Å². The van der Waals surface area contributed by atoms with Crippen LogP contribution in [0.2, 0.25) is 0 Å². The molecule has 0 saturated carbocycles. The van der Waals surface area contributed by atoms with Crippen molar-refractivity contribution in [1.82, 2.24) is 0 Å². The van der Waals surface area contributed by atoms with E-state index in [0.29, 0.717) is 0 Å². The Morgan fingerprint density at radius 3 is 2.22 bits per heavy atom. The van der Waals surface area contributed by atoms with Crippen molar-refractivity contribution in [3.8, 4) is 22.6 Å². The first-order chi connectivity index (χ1) is 8.67. The first-order valence-electron chi connectivity index (χ1n) is 6.30. The molecule has 0 spiro atoms. The van der Waals surface area contributed by atoms with Crippen molar-refractivity contribution in [3.05, 3.63) is 47.5 Å². The molecule has 94 valence electrons. The summed E-state index contributed by atoms with van der Waals surface area (Å²) in [5.41, 5.74) is 4.03. The van der Waals surface area contributed by atoms with Gasteiger partial charge in [0.25, 0.3) is 0 Å². The smallest absolute Gasteiger partial charge is 0.123 e. The zero-order valence-corrected chi connectivity index (χ0v) is 10.8. The lowest BCUT2D eigenvalue weighted by Gasteiger charge is -2.14. The number of rotatable bonds is 3. The van der Waals surface area contributed by atoms with Crippen LogP contribution in [0.1, 0.15) is 25.0 Å². The second-order valence-electron chi connectivity index (χ2n) is 4.36. The van der Waals surface area contributed by atoms with Gasteiger partial charge in [-0.2, -0.15) is 0 Å². The van der Waals surface area contributed by atoms with Crippen LogP contribution in [0.3, 0.4) is 0 Å². The second-order valence-corrected chi connectivity index (χ2v) is 4.36. The van der Waals surface area contributed by atoms with Crippen molar-refractivity contribution in [1.29, 1.82) is 0 Å². The van der Waals surface area contributed by atoms with E-state index in [1.807, 2.05) is 18.2 Å². The van der Waals surface area contributed by atoms with Gasteiger partial charge in [0.05, 0.1) is 0 Å². The van der Waals surface area contributed by atoms with Crippen LogP contribution in [-0.4, -0.2) is 10.2 Å². The van der Waals surface area contributed by atoms with E-state index < -0.39 is 0 Å². The van der Waals surface area contributed by atoms with Crippen molar-refractivity contribution >= 4 is 0 Å². The Morgan fingerprint density at radius 2 is 1.61 bits per heavy atom. The van der Waals surface area contributed by atoms with E-state index in [9.17, 15) is 10.2 Å². The number of benzene rings is 2. The first kappa shape index (κ1) is 12.5. The van der Waals surface area contributed by atoms with Crippen molar-refractivity contribution in [2.24, 2.45) is 0 Å². The molecule has 0 fully saturated rings. The Balaban J connectivity index is 2.70. The number of para-hydroxylation sites is 1. The minimum absolute atomic E-state index is 0.250. The van der Waals surface area contributed by atoms with Crippen molar-refractivity contribution in [2.75, 3.05) is 0 Å². The molecule has 2 rings (SSSR count). The first-order valence-corrected chi connectivity index (χ1v) is 6.30. The van der Waals surface area contributed by atoms with Crippen LogP contribution in [0.15, 0.2) is 36.4 Å². The molecule has 2 heteroatoms. The Kier molecular flexibility index (Phi) is 3.56. The lowest BCUT2D eigenvalue weighted by molar-refractivity contribution is 0.473. The molecule has 0 aliphatic rings. The van der Waals surface area contributed by atoms with Crippen LogP contribution in [0.5, 0.6) is 11.5 Å². The van der Waals surface area contributed by atoms with Gasteiger partial charge in [0.2, 0.25) is 0 Å². The Morgan fingerprint density at radius 1 is 0.889 bits per heavy atom. The van der Waals surface area contributed by atoms with E-state index in [1.165, 1.54) is 5.56 Å². The fourth-order valence-corrected chi connectivity index (χ4v) is 2.39. The predicted octanol–water partition coefficient (Wildman–Crippen LogP) is 3.89. The Labute approximate surface area is 108 Å². The van der Waals surface area contributed by atoms with E-state index in [0.717, 1.165) is 29.5 Å². The van der Waals surface area contributed by atoms with Crippen LogP contribution in [0.25, 0.3) is 11.1 Å². The molecule has 2 aromatic rings. The lowest BCUT2D eigenvalue weighted by atomic mass is 9.92. The summed E-state index contributed by atoms with van der Waals surface area (Å²) >= 11 is 0. The van der Waals surface area contributed by atoms with Crippen LogP contribution in [-0.2, 0) is 12.8 Å². The van der Waals surface area contributed by atoms with Crippen LogP contribution < -0.4 is 0 Å². The van der Waals surface area contributed by atoms with Gasteiger partial charge in [-0.25, -0.2) is 0 Å². The molecule has 0 unspecified atom stereocenters. The quantitative estimate of drug-likeness (QED) is 0.857. The largest absolute Gasteiger partial charge is 0.508 e. The third-order valence-corrected chi connectivity index (χ3v) is 3.26. The number of aryl methyl sites for hydroxylation is 1. The summed E-state index contributed by atoms with van der Waals surface area (Å²) in [6.45, 7) is 4.16. The molecule has 0 heterocycles. The maximum Gasteiger partial charge on any atom is 0.123 e. The highest BCUT2D eigenvalue weighted by Gasteiger charge is 2.12. The third-order valence-electron chi connectivity index (χ3n) is 3.26. The summed E-state index contributed by atoms with van der Waals surface area (Å²) in [7, 11) is 0. The maximum atomic E-state index is 9.96. The monoisotopic (exact) mass is 242 g/mol. The molecule has 0 amide bonds. The summed E-state index contributed by atoms with van der Waals surface area (Å²) < 4.78 is 0.